The Labute approximate surface area is 244 Å². The third-order valence-corrected chi connectivity index (χ3v) is 7.78. The van der Waals surface area contributed by atoms with Crippen molar-refractivity contribution in [3.8, 4) is 5.75 Å². The van der Waals surface area contributed by atoms with Crippen molar-refractivity contribution in [1.29, 1.82) is 0 Å². The molecule has 3 rings (SSSR count). The number of allylic oxidation sites excluding steroid dienone is 2. The fourth-order valence-electron chi connectivity index (χ4n) is 4.64. The Hall–Kier alpha value is -3.83. The molecule has 2 aromatic rings. The number of nitrogens with zero attached hydrogens (tertiary/aromatic N) is 1. The van der Waals surface area contributed by atoms with E-state index in [-0.39, 0.29) is 16.8 Å². The van der Waals surface area contributed by atoms with Crippen molar-refractivity contribution >= 4 is 29.4 Å². The zero-order chi connectivity index (χ0) is 29.8. The quantitative estimate of drug-likeness (QED) is 0.0960. The van der Waals surface area contributed by atoms with Crippen LogP contribution in [0.25, 0.3) is 0 Å². The van der Waals surface area contributed by atoms with E-state index in [9.17, 15) is 19.7 Å². The van der Waals surface area contributed by atoms with Crippen LogP contribution < -0.4 is 15.4 Å². The number of nitrogens with one attached hydrogen (secondary N) is 2. The molecule has 0 fully saturated rings. The molecule has 220 valence electrons. The average Bonchev–Trinajstić information content (AvgIpc) is 2.97. The van der Waals surface area contributed by atoms with E-state index in [1.165, 1.54) is 38.1 Å². The highest BCUT2D eigenvalue weighted by Gasteiger charge is 2.39. The maximum Gasteiger partial charge on any atom is 0.336 e. The number of carbonyl (C=O) groups is 2. The number of esters is 2. The first-order valence-corrected chi connectivity index (χ1v) is 14.4. The van der Waals surface area contributed by atoms with Gasteiger partial charge in [0.1, 0.15) is 5.75 Å². The van der Waals surface area contributed by atoms with Gasteiger partial charge in [0.2, 0.25) is 0 Å². The van der Waals surface area contributed by atoms with Gasteiger partial charge in [-0.25, -0.2) is 9.59 Å². The van der Waals surface area contributed by atoms with Crippen LogP contribution in [0.5, 0.6) is 5.75 Å². The molecule has 0 bridgehead atoms. The van der Waals surface area contributed by atoms with Gasteiger partial charge in [-0.05, 0) is 75.7 Å². The molecule has 0 saturated carbocycles. The number of methoxy groups -OCH3 is 2. The smallest absolute Gasteiger partial charge is 0.336 e. The lowest BCUT2D eigenvalue weighted by atomic mass is 9.80. The normalized spacial score (nSPS) is 13.6. The van der Waals surface area contributed by atoms with Crippen LogP contribution in [0, 0.1) is 10.1 Å². The summed E-state index contributed by atoms with van der Waals surface area (Å²) < 4.78 is 15.8. The number of rotatable bonds is 15. The molecule has 41 heavy (non-hydrogen) atoms. The summed E-state index contributed by atoms with van der Waals surface area (Å²) in [5, 5.41) is 18.2. The number of nitro groups is 1. The Kier molecular flexibility index (Phi) is 12.2. The number of benzene rings is 2. The molecule has 1 aliphatic rings. The van der Waals surface area contributed by atoms with Crippen LogP contribution in [0.15, 0.2) is 76.0 Å². The zero-order valence-electron chi connectivity index (χ0n) is 23.9. The number of non-ortho nitro benzene ring substituents is 1. The standard InChI is InChI=1S/C30H37N3O7S/c1-20-26(29(34)38-3)28(27(21(2)32-20)30(35)39-4)24-19-22(33(36)37)13-14-25(24)41-18-9-8-15-31-16-10-17-40-23-11-6-5-7-12-23/h5-7,11-14,19,28,31-32H,8-10,15-18H2,1-4H3. The molecule has 0 saturated heterocycles. The van der Waals surface area contributed by atoms with Gasteiger partial charge >= 0.3 is 11.9 Å². The van der Waals surface area contributed by atoms with Gasteiger partial charge < -0.3 is 24.8 Å². The summed E-state index contributed by atoms with van der Waals surface area (Å²) in [5.74, 6) is -0.527. The van der Waals surface area contributed by atoms with Crippen LogP contribution >= 0.6 is 11.8 Å². The first kappa shape index (κ1) is 31.7. The van der Waals surface area contributed by atoms with E-state index < -0.39 is 22.8 Å². The molecule has 1 heterocycles. The monoisotopic (exact) mass is 583 g/mol. The molecule has 0 aliphatic carbocycles. The molecule has 0 atom stereocenters. The van der Waals surface area contributed by atoms with Gasteiger partial charge in [0, 0.05) is 28.4 Å². The van der Waals surface area contributed by atoms with Gasteiger partial charge in [-0.1, -0.05) is 18.2 Å². The number of para-hydroxylation sites is 1. The summed E-state index contributed by atoms with van der Waals surface area (Å²) in [6.07, 6.45) is 2.75. The van der Waals surface area contributed by atoms with E-state index >= 15 is 0 Å². The summed E-state index contributed by atoms with van der Waals surface area (Å²) in [5.41, 5.74) is 1.79. The predicted molar refractivity (Wildman–Crippen MR) is 158 cm³/mol. The molecule has 2 N–H and O–H groups in total. The molecule has 0 unspecified atom stereocenters. The van der Waals surface area contributed by atoms with Gasteiger partial charge in [-0.15, -0.1) is 11.8 Å². The van der Waals surface area contributed by atoms with Gasteiger partial charge in [0.05, 0.1) is 42.8 Å². The second-order valence-electron chi connectivity index (χ2n) is 9.42. The summed E-state index contributed by atoms with van der Waals surface area (Å²) >= 11 is 1.54. The summed E-state index contributed by atoms with van der Waals surface area (Å²) in [6, 6.07) is 14.3. The average molecular weight is 584 g/mol. The van der Waals surface area contributed by atoms with Crippen LogP contribution in [0.1, 0.15) is 44.6 Å². The van der Waals surface area contributed by atoms with Gasteiger partial charge in [-0.3, -0.25) is 10.1 Å². The summed E-state index contributed by atoms with van der Waals surface area (Å²) in [7, 11) is 2.52. The van der Waals surface area contributed by atoms with E-state index in [1.54, 1.807) is 19.9 Å². The second-order valence-corrected chi connectivity index (χ2v) is 10.6. The number of carbonyl (C=O) groups excluding carboxylic acids is 2. The third kappa shape index (κ3) is 8.58. The highest BCUT2D eigenvalue weighted by molar-refractivity contribution is 7.99. The first-order chi connectivity index (χ1) is 19.8. The van der Waals surface area contributed by atoms with E-state index in [0.29, 0.717) is 23.6 Å². The minimum absolute atomic E-state index is 0.132. The predicted octanol–water partition coefficient (Wildman–Crippen LogP) is 5.11. The maximum atomic E-state index is 12.9. The molecule has 0 spiro atoms. The summed E-state index contributed by atoms with van der Waals surface area (Å²) in [6.45, 7) is 5.78. The Morgan fingerprint density at radius 2 is 1.59 bits per heavy atom. The number of thioether (sulfide) groups is 1. The van der Waals surface area contributed by atoms with Crippen LogP contribution in [0.4, 0.5) is 5.69 Å². The number of hydrogen-bond acceptors (Lipinski definition) is 10. The highest BCUT2D eigenvalue weighted by atomic mass is 32.2. The molecular formula is C30H37N3O7S. The van der Waals surface area contributed by atoms with Crippen molar-refractivity contribution < 1.29 is 28.7 Å². The third-order valence-electron chi connectivity index (χ3n) is 6.60. The lowest BCUT2D eigenvalue weighted by molar-refractivity contribution is -0.385. The minimum Gasteiger partial charge on any atom is -0.494 e. The maximum absolute atomic E-state index is 12.9. The Balaban J connectivity index is 1.67. The first-order valence-electron chi connectivity index (χ1n) is 13.4. The zero-order valence-corrected chi connectivity index (χ0v) is 24.7. The van der Waals surface area contributed by atoms with E-state index in [4.69, 9.17) is 14.2 Å². The number of dihydropyridines is 1. The Morgan fingerprint density at radius 3 is 2.20 bits per heavy atom. The molecule has 10 nitrogen and oxygen atoms in total. The van der Waals surface area contributed by atoms with Crippen molar-refractivity contribution in [3.63, 3.8) is 0 Å². The summed E-state index contributed by atoms with van der Waals surface area (Å²) in [4.78, 5) is 37.7. The van der Waals surface area contributed by atoms with Crippen LogP contribution in [0.2, 0.25) is 0 Å². The largest absolute Gasteiger partial charge is 0.494 e. The lowest BCUT2D eigenvalue weighted by Gasteiger charge is -2.31. The second kappa shape index (κ2) is 15.8. The molecule has 2 aromatic carbocycles. The van der Waals surface area contributed by atoms with E-state index in [1.807, 2.05) is 30.3 Å². The molecule has 11 heteroatoms. The van der Waals surface area contributed by atoms with E-state index in [0.717, 1.165) is 48.7 Å². The van der Waals surface area contributed by atoms with E-state index in [2.05, 4.69) is 10.6 Å². The Morgan fingerprint density at radius 1 is 0.951 bits per heavy atom. The Bertz CT molecular complexity index is 1260. The van der Waals surface area contributed by atoms with Crippen molar-refractivity contribution in [3.05, 3.63) is 86.7 Å². The number of nitro benzene ring substituents is 1. The fraction of sp³-hybridized carbons (Fsp3) is 0.400. The van der Waals surface area contributed by atoms with Crippen molar-refractivity contribution in [2.75, 3.05) is 39.7 Å². The topological polar surface area (TPSA) is 129 Å². The van der Waals surface area contributed by atoms with Gasteiger partial charge in [-0.2, -0.15) is 0 Å². The highest BCUT2D eigenvalue weighted by Crippen LogP contribution is 2.44. The number of unbranched alkanes of at least 4 members (excludes halogenated alkanes) is 1. The van der Waals surface area contributed by atoms with Crippen molar-refractivity contribution in [2.24, 2.45) is 0 Å². The van der Waals surface area contributed by atoms with Gasteiger partial charge in [0.25, 0.3) is 5.69 Å². The van der Waals surface area contributed by atoms with Crippen LogP contribution in [-0.2, 0) is 19.1 Å². The van der Waals surface area contributed by atoms with Crippen LogP contribution in [-0.4, -0.2) is 56.5 Å². The lowest BCUT2D eigenvalue weighted by Crippen LogP contribution is -2.32. The minimum atomic E-state index is -0.890. The van der Waals surface area contributed by atoms with Crippen molar-refractivity contribution in [2.45, 2.75) is 43.9 Å². The molecule has 0 radical (unpaired) electrons. The number of ether oxygens (including phenoxy) is 3. The molecular weight excluding hydrogens is 546 g/mol. The molecule has 0 aromatic heterocycles. The number of hydrogen-bond donors (Lipinski definition) is 2. The molecule has 0 amide bonds. The fourth-order valence-corrected chi connectivity index (χ4v) is 5.71. The van der Waals surface area contributed by atoms with Crippen LogP contribution in [0.3, 0.4) is 0 Å². The molecule has 1 aliphatic heterocycles. The van der Waals surface area contributed by atoms with Crippen molar-refractivity contribution in [1.82, 2.24) is 10.6 Å². The van der Waals surface area contributed by atoms with Gasteiger partial charge in [0.15, 0.2) is 0 Å². The SMILES string of the molecule is COC(=O)C1=C(C)NC(C)=C(C(=O)OC)C1c1cc([N+](=O)[O-])ccc1SCCCCNCCCOc1ccccc1.